The zero-order chi connectivity index (χ0) is 13.5. The molecule has 1 atom stereocenters. The molecule has 0 spiro atoms. The van der Waals surface area contributed by atoms with Gasteiger partial charge in [0.25, 0.3) is 5.89 Å². The molecule has 2 rings (SSSR count). The first-order valence-corrected chi connectivity index (χ1v) is 5.95. The summed E-state index contributed by atoms with van der Waals surface area (Å²) in [6.45, 7) is 9.88. The van der Waals surface area contributed by atoms with Gasteiger partial charge in [-0.3, -0.25) is 0 Å². The minimum absolute atomic E-state index is 0.109. The van der Waals surface area contributed by atoms with Crippen molar-refractivity contribution in [3.05, 3.63) is 23.4 Å². The number of aromatic nitrogens is 2. The van der Waals surface area contributed by atoms with E-state index >= 15 is 0 Å². The van der Waals surface area contributed by atoms with E-state index in [4.69, 9.17) is 14.7 Å². The van der Waals surface area contributed by atoms with Gasteiger partial charge in [-0.15, -0.1) is 0 Å². The summed E-state index contributed by atoms with van der Waals surface area (Å²) in [6.07, 6.45) is 0. The molecular weight excluding hydrogens is 230 g/mol. The lowest BCUT2D eigenvalue weighted by Gasteiger charge is -2.23. The van der Waals surface area contributed by atoms with E-state index in [2.05, 4.69) is 10.1 Å². The molecule has 0 radical (unpaired) electrons. The van der Waals surface area contributed by atoms with Gasteiger partial charge in [-0.25, -0.2) is 0 Å². The van der Waals surface area contributed by atoms with Crippen molar-refractivity contribution in [2.75, 3.05) is 0 Å². The van der Waals surface area contributed by atoms with Crippen LogP contribution in [0.2, 0.25) is 0 Å². The van der Waals surface area contributed by atoms with Gasteiger partial charge in [0.1, 0.15) is 11.5 Å². The van der Waals surface area contributed by atoms with Crippen LogP contribution in [0, 0.1) is 19.3 Å². The van der Waals surface area contributed by atoms with Crippen LogP contribution in [0.25, 0.3) is 11.5 Å². The van der Waals surface area contributed by atoms with E-state index in [0.717, 1.165) is 17.1 Å². The van der Waals surface area contributed by atoms with E-state index in [9.17, 15) is 0 Å². The van der Waals surface area contributed by atoms with Crippen molar-refractivity contribution < 1.29 is 8.94 Å². The van der Waals surface area contributed by atoms with Gasteiger partial charge in [0, 0.05) is 0 Å². The number of hydrogen-bond donors (Lipinski definition) is 1. The molecule has 0 bridgehead atoms. The minimum atomic E-state index is -0.261. The van der Waals surface area contributed by atoms with Gasteiger partial charge >= 0.3 is 0 Å². The molecular formula is C13H19N3O2. The molecule has 2 aromatic rings. The van der Waals surface area contributed by atoms with Crippen LogP contribution in [0.5, 0.6) is 0 Å². The predicted octanol–water partition coefficient (Wildman–Crippen LogP) is 2.99. The second-order valence-corrected chi connectivity index (χ2v) is 5.63. The topological polar surface area (TPSA) is 78.1 Å². The van der Waals surface area contributed by atoms with Crippen LogP contribution in [0.3, 0.4) is 0 Å². The van der Waals surface area contributed by atoms with Gasteiger partial charge in [0.15, 0.2) is 5.82 Å². The molecule has 0 aliphatic heterocycles. The van der Waals surface area contributed by atoms with Crippen molar-refractivity contribution in [1.29, 1.82) is 0 Å². The summed E-state index contributed by atoms with van der Waals surface area (Å²) in [5, 5.41) is 3.96. The van der Waals surface area contributed by atoms with E-state index in [0.29, 0.717) is 11.7 Å². The molecule has 2 N–H and O–H groups in total. The Morgan fingerprint density at radius 2 is 1.94 bits per heavy atom. The van der Waals surface area contributed by atoms with Crippen molar-refractivity contribution >= 4 is 0 Å². The van der Waals surface area contributed by atoms with Crippen LogP contribution < -0.4 is 5.73 Å². The summed E-state index contributed by atoms with van der Waals surface area (Å²) in [6, 6.07) is 1.62. The van der Waals surface area contributed by atoms with Gasteiger partial charge in [0.2, 0.25) is 0 Å². The highest BCUT2D eigenvalue weighted by Crippen LogP contribution is 2.31. The fourth-order valence-electron chi connectivity index (χ4n) is 1.70. The third kappa shape index (κ3) is 2.31. The molecule has 18 heavy (non-hydrogen) atoms. The predicted molar refractivity (Wildman–Crippen MR) is 67.9 cm³/mol. The summed E-state index contributed by atoms with van der Waals surface area (Å²) in [7, 11) is 0. The maximum absolute atomic E-state index is 6.10. The molecule has 0 saturated heterocycles. The number of nitrogens with two attached hydrogens (primary N) is 1. The van der Waals surface area contributed by atoms with Crippen molar-refractivity contribution in [3.63, 3.8) is 0 Å². The van der Waals surface area contributed by atoms with Crippen molar-refractivity contribution in [3.8, 4) is 11.5 Å². The fraction of sp³-hybridized carbons (Fsp3) is 0.538. The van der Waals surface area contributed by atoms with E-state index in [1.807, 2.05) is 40.7 Å². The van der Waals surface area contributed by atoms with Crippen molar-refractivity contribution in [1.82, 2.24) is 10.1 Å². The molecule has 0 fully saturated rings. The zero-order valence-electron chi connectivity index (χ0n) is 11.4. The molecule has 98 valence electrons. The van der Waals surface area contributed by atoms with Crippen molar-refractivity contribution in [2.24, 2.45) is 11.1 Å². The third-order valence-electron chi connectivity index (χ3n) is 2.92. The smallest absolute Gasteiger partial charge is 0.261 e. The third-order valence-corrected chi connectivity index (χ3v) is 2.92. The van der Waals surface area contributed by atoms with Gasteiger partial charge < -0.3 is 14.7 Å². The lowest BCUT2D eigenvalue weighted by molar-refractivity contribution is 0.303. The molecule has 5 heteroatoms. The Labute approximate surface area is 106 Å². The van der Waals surface area contributed by atoms with E-state index in [1.54, 1.807) is 0 Å². The molecule has 5 nitrogen and oxygen atoms in total. The lowest BCUT2D eigenvalue weighted by Crippen LogP contribution is -2.27. The Bertz CT molecular complexity index is 549. The number of furan rings is 1. The summed E-state index contributed by atoms with van der Waals surface area (Å²) in [5.74, 6) is 2.57. The van der Waals surface area contributed by atoms with Gasteiger partial charge in [-0.05, 0) is 25.3 Å². The van der Waals surface area contributed by atoms with Gasteiger partial charge in [0.05, 0.1) is 11.6 Å². The van der Waals surface area contributed by atoms with Crippen LogP contribution in [0.15, 0.2) is 15.0 Å². The van der Waals surface area contributed by atoms with Crippen LogP contribution in [-0.4, -0.2) is 10.1 Å². The number of rotatable bonds is 2. The maximum Gasteiger partial charge on any atom is 0.261 e. The molecule has 0 amide bonds. The van der Waals surface area contributed by atoms with E-state index in [-0.39, 0.29) is 11.5 Å². The first kappa shape index (κ1) is 12.8. The summed E-state index contributed by atoms with van der Waals surface area (Å²) >= 11 is 0. The number of hydrogen-bond acceptors (Lipinski definition) is 5. The maximum atomic E-state index is 6.10. The first-order valence-electron chi connectivity index (χ1n) is 5.95. The van der Waals surface area contributed by atoms with Gasteiger partial charge in [-0.1, -0.05) is 25.9 Å². The Hall–Kier alpha value is -1.62. The van der Waals surface area contributed by atoms with Gasteiger partial charge in [-0.2, -0.15) is 4.98 Å². The monoisotopic (exact) mass is 249 g/mol. The quantitative estimate of drug-likeness (QED) is 0.885. The summed E-state index contributed by atoms with van der Waals surface area (Å²) in [4.78, 5) is 4.36. The molecule has 1 unspecified atom stereocenters. The Morgan fingerprint density at radius 1 is 1.28 bits per heavy atom. The molecule has 0 saturated carbocycles. The Balaban J connectivity index is 2.34. The molecule has 0 aliphatic carbocycles. The Morgan fingerprint density at radius 3 is 2.44 bits per heavy atom. The normalized spacial score (nSPS) is 13.9. The van der Waals surface area contributed by atoms with Crippen LogP contribution in [0.1, 0.15) is 44.2 Å². The molecule has 2 heterocycles. The highest BCUT2D eigenvalue weighted by Gasteiger charge is 2.27. The number of aryl methyl sites for hydroxylation is 2. The summed E-state index contributed by atoms with van der Waals surface area (Å²) < 4.78 is 10.7. The first-order chi connectivity index (χ1) is 8.29. The Kier molecular flexibility index (Phi) is 3.02. The SMILES string of the molecule is Cc1cc(-c2nc(C(N)C(C)(C)C)no2)c(C)o1. The molecule has 0 aromatic carbocycles. The second-order valence-electron chi connectivity index (χ2n) is 5.63. The summed E-state index contributed by atoms with van der Waals surface area (Å²) in [5.41, 5.74) is 6.82. The number of nitrogens with zero attached hydrogens (tertiary/aromatic N) is 2. The zero-order valence-corrected chi connectivity index (χ0v) is 11.4. The highest BCUT2D eigenvalue weighted by atomic mass is 16.5. The molecule has 0 aliphatic rings. The second kappa shape index (κ2) is 4.24. The minimum Gasteiger partial charge on any atom is -0.466 e. The lowest BCUT2D eigenvalue weighted by atomic mass is 9.87. The van der Waals surface area contributed by atoms with Crippen molar-refractivity contribution in [2.45, 2.75) is 40.7 Å². The van der Waals surface area contributed by atoms with E-state index in [1.165, 1.54) is 0 Å². The fourth-order valence-corrected chi connectivity index (χ4v) is 1.70. The average Bonchev–Trinajstić information content (AvgIpc) is 2.82. The van der Waals surface area contributed by atoms with E-state index < -0.39 is 0 Å². The van der Waals surface area contributed by atoms with Crippen LogP contribution >= 0.6 is 0 Å². The van der Waals surface area contributed by atoms with Crippen LogP contribution in [0.4, 0.5) is 0 Å². The highest BCUT2D eigenvalue weighted by molar-refractivity contribution is 5.56. The largest absolute Gasteiger partial charge is 0.466 e. The van der Waals surface area contributed by atoms with Crippen LogP contribution in [-0.2, 0) is 0 Å². The molecule has 2 aromatic heterocycles. The average molecular weight is 249 g/mol. The standard InChI is InChI=1S/C13H19N3O2/c1-7-6-9(8(2)17-7)12-15-11(16-18-12)10(14)13(3,4)5/h6,10H,14H2,1-5H3.